The van der Waals surface area contributed by atoms with Gasteiger partial charge in [-0.2, -0.15) is 0 Å². The summed E-state index contributed by atoms with van der Waals surface area (Å²) in [4.78, 5) is 14.0. The van der Waals surface area contributed by atoms with Crippen LogP contribution in [0.3, 0.4) is 0 Å². The van der Waals surface area contributed by atoms with E-state index in [2.05, 4.69) is 10.3 Å². The Bertz CT molecular complexity index is 590. The van der Waals surface area contributed by atoms with Crippen LogP contribution in [0, 0.1) is 4.64 Å². The molecule has 0 spiro atoms. The number of hydrogen-bond donors (Lipinski definition) is 2. The van der Waals surface area contributed by atoms with E-state index in [0.29, 0.717) is 10.3 Å². The van der Waals surface area contributed by atoms with Crippen molar-refractivity contribution < 1.29 is 4.79 Å². The molecular formula is C13H12N2OS. The monoisotopic (exact) mass is 244 g/mol. The third-order valence-electron chi connectivity index (χ3n) is 2.31. The second kappa shape index (κ2) is 4.93. The van der Waals surface area contributed by atoms with Crippen molar-refractivity contribution in [3.63, 3.8) is 0 Å². The molecule has 0 aliphatic rings. The Hall–Kier alpha value is -1.94. The summed E-state index contributed by atoms with van der Waals surface area (Å²) >= 11 is 5.24. The fraction of sp³-hybridized carbons (Fsp3) is 0.0769. The van der Waals surface area contributed by atoms with Gasteiger partial charge in [0, 0.05) is 18.7 Å². The van der Waals surface area contributed by atoms with E-state index in [-0.39, 0.29) is 5.91 Å². The summed E-state index contributed by atoms with van der Waals surface area (Å²) < 4.78 is 0.658. The van der Waals surface area contributed by atoms with Crippen molar-refractivity contribution in [2.24, 2.45) is 0 Å². The molecule has 2 N–H and O–H groups in total. The molecule has 2 rings (SSSR count). The van der Waals surface area contributed by atoms with Crippen LogP contribution in [0.5, 0.6) is 0 Å². The van der Waals surface area contributed by atoms with Crippen LogP contribution in [0.4, 0.5) is 5.69 Å². The number of anilines is 1. The highest BCUT2D eigenvalue weighted by molar-refractivity contribution is 7.71. The standard InChI is InChI=1S/C13H12N2OS/c1-9(16)15-11-7-12(13(17)14-8-11)10-5-3-2-4-6-10/h2-8H,1H3,(H,14,17)(H,15,16). The highest BCUT2D eigenvalue weighted by Gasteiger charge is 2.02. The molecule has 0 unspecified atom stereocenters. The van der Waals surface area contributed by atoms with Crippen LogP contribution in [0.25, 0.3) is 11.1 Å². The number of H-pyrrole nitrogens is 1. The second-order valence-corrected chi connectivity index (χ2v) is 4.09. The average molecular weight is 244 g/mol. The van der Waals surface area contributed by atoms with Gasteiger partial charge in [0.2, 0.25) is 5.91 Å². The number of amides is 1. The highest BCUT2D eigenvalue weighted by atomic mass is 32.1. The maximum Gasteiger partial charge on any atom is 0.221 e. The van der Waals surface area contributed by atoms with Crippen LogP contribution < -0.4 is 5.32 Å². The zero-order chi connectivity index (χ0) is 12.3. The number of benzene rings is 1. The lowest BCUT2D eigenvalue weighted by molar-refractivity contribution is -0.114. The Labute approximate surface area is 105 Å². The van der Waals surface area contributed by atoms with Crippen molar-refractivity contribution in [1.29, 1.82) is 0 Å². The molecule has 0 aliphatic carbocycles. The van der Waals surface area contributed by atoms with E-state index in [1.165, 1.54) is 6.92 Å². The van der Waals surface area contributed by atoms with E-state index in [1.807, 2.05) is 36.4 Å². The third kappa shape index (κ3) is 2.79. The van der Waals surface area contributed by atoms with Crippen LogP contribution in [-0.4, -0.2) is 10.9 Å². The summed E-state index contributed by atoms with van der Waals surface area (Å²) in [7, 11) is 0. The summed E-state index contributed by atoms with van der Waals surface area (Å²) in [5, 5.41) is 2.73. The Morgan fingerprint density at radius 1 is 1.29 bits per heavy atom. The molecule has 0 aliphatic heterocycles. The van der Waals surface area contributed by atoms with Crippen LogP contribution in [0.1, 0.15) is 6.92 Å². The van der Waals surface area contributed by atoms with Gasteiger partial charge < -0.3 is 10.3 Å². The molecule has 0 bridgehead atoms. The maximum absolute atomic E-state index is 11.0. The number of aromatic amines is 1. The Morgan fingerprint density at radius 2 is 2.00 bits per heavy atom. The molecule has 1 aromatic carbocycles. The zero-order valence-corrected chi connectivity index (χ0v) is 10.2. The van der Waals surface area contributed by atoms with Crippen molar-refractivity contribution in [1.82, 2.24) is 4.98 Å². The van der Waals surface area contributed by atoms with Gasteiger partial charge in [-0.1, -0.05) is 42.5 Å². The van der Waals surface area contributed by atoms with Gasteiger partial charge in [0.05, 0.1) is 5.69 Å². The van der Waals surface area contributed by atoms with E-state index < -0.39 is 0 Å². The molecule has 4 heteroatoms. The molecule has 2 aromatic rings. The predicted molar refractivity (Wildman–Crippen MR) is 71.4 cm³/mol. The lowest BCUT2D eigenvalue weighted by Gasteiger charge is -2.06. The zero-order valence-electron chi connectivity index (χ0n) is 9.36. The number of nitrogens with one attached hydrogen (secondary N) is 2. The van der Waals surface area contributed by atoms with Gasteiger partial charge in [-0.05, 0) is 11.6 Å². The molecule has 1 aromatic heterocycles. The van der Waals surface area contributed by atoms with E-state index in [1.54, 1.807) is 6.20 Å². The quantitative estimate of drug-likeness (QED) is 0.795. The van der Waals surface area contributed by atoms with Gasteiger partial charge in [-0.3, -0.25) is 4.79 Å². The summed E-state index contributed by atoms with van der Waals surface area (Å²) in [6, 6.07) is 11.7. The molecule has 1 heterocycles. The van der Waals surface area contributed by atoms with Gasteiger partial charge in [-0.15, -0.1) is 0 Å². The number of rotatable bonds is 2. The fourth-order valence-corrected chi connectivity index (χ4v) is 1.83. The van der Waals surface area contributed by atoms with E-state index >= 15 is 0 Å². The van der Waals surface area contributed by atoms with Crippen LogP contribution in [0.2, 0.25) is 0 Å². The minimum absolute atomic E-state index is 0.102. The molecule has 17 heavy (non-hydrogen) atoms. The van der Waals surface area contributed by atoms with Crippen LogP contribution >= 0.6 is 12.2 Å². The van der Waals surface area contributed by atoms with Crippen LogP contribution in [0.15, 0.2) is 42.6 Å². The topological polar surface area (TPSA) is 44.9 Å². The van der Waals surface area contributed by atoms with Crippen molar-refractivity contribution >= 4 is 23.8 Å². The first-order valence-corrected chi connectivity index (χ1v) is 5.63. The Kier molecular flexibility index (Phi) is 3.35. The molecule has 0 atom stereocenters. The molecule has 86 valence electrons. The Morgan fingerprint density at radius 3 is 2.65 bits per heavy atom. The average Bonchev–Trinajstić information content (AvgIpc) is 2.32. The third-order valence-corrected chi connectivity index (χ3v) is 2.65. The summed E-state index contributed by atoms with van der Waals surface area (Å²) in [5.74, 6) is -0.102. The lowest BCUT2D eigenvalue weighted by Crippen LogP contribution is -2.06. The molecule has 0 radical (unpaired) electrons. The van der Waals surface area contributed by atoms with Crippen molar-refractivity contribution in [2.45, 2.75) is 6.92 Å². The van der Waals surface area contributed by atoms with Gasteiger partial charge in [-0.25, -0.2) is 0 Å². The predicted octanol–water partition coefficient (Wildman–Crippen LogP) is 3.37. The molecule has 1 amide bonds. The molecule has 0 saturated carbocycles. The van der Waals surface area contributed by atoms with Crippen molar-refractivity contribution in [2.75, 3.05) is 5.32 Å². The van der Waals surface area contributed by atoms with E-state index in [9.17, 15) is 4.79 Å². The van der Waals surface area contributed by atoms with Crippen molar-refractivity contribution in [3.05, 3.63) is 47.2 Å². The number of carbonyl (C=O) groups excluding carboxylic acids is 1. The minimum Gasteiger partial charge on any atom is -0.350 e. The highest BCUT2D eigenvalue weighted by Crippen LogP contribution is 2.22. The van der Waals surface area contributed by atoms with Crippen LogP contribution in [-0.2, 0) is 4.79 Å². The van der Waals surface area contributed by atoms with Gasteiger partial charge in [0.1, 0.15) is 4.64 Å². The lowest BCUT2D eigenvalue weighted by atomic mass is 10.1. The first-order chi connectivity index (χ1) is 8.16. The van der Waals surface area contributed by atoms with E-state index in [0.717, 1.165) is 11.1 Å². The largest absolute Gasteiger partial charge is 0.350 e. The first-order valence-electron chi connectivity index (χ1n) is 5.22. The van der Waals surface area contributed by atoms with Gasteiger partial charge in [0.25, 0.3) is 0 Å². The minimum atomic E-state index is -0.102. The molecule has 0 fully saturated rings. The number of pyridine rings is 1. The second-order valence-electron chi connectivity index (χ2n) is 3.68. The van der Waals surface area contributed by atoms with E-state index in [4.69, 9.17) is 12.2 Å². The normalized spacial score (nSPS) is 9.94. The van der Waals surface area contributed by atoms with Gasteiger partial charge in [0.15, 0.2) is 0 Å². The fourth-order valence-electron chi connectivity index (χ4n) is 1.59. The summed E-state index contributed by atoms with van der Waals surface area (Å²) in [6.45, 7) is 1.48. The summed E-state index contributed by atoms with van der Waals surface area (Å²) in [6.07, 6.45) is 1.69. The SMILES string of the molecule is CC(=O)Nc1c[nH]c(=S)c(-c2ccccc2)c1. The number of aromatic nitrogens is 1. The first kappa shape index (κ1) is 11.5. The molecular weight excluding hydrogens is 232 g/mol. The molecule has 3 nitrogen and oxygen atoms in total. The molecule has 0 saturated heterocycles. The Balaban J connectivity index is 2.47. The summed E-state index contributed by atoms with van der Waals surface area (Å²) in [5.41, 5.74) is 2.65. The maximum atomic E-state index is 11.0. The smallest absolute Gasteiger partial charge is 0.221 e. The number of hydrogen-bond acceptors (Lipinski definition) is 2. The number of carbonyl (C=O) groups is 1. The van der Waals surface area contributed by atoms with Gasteiger partial charge >= 0.3 is 0 Å². The van der Waals surface area contributed by atoms with Crippen molar-refractivity contribution in [3.8, 4) is 11.1 Å².